The molecule has 12 heteroatoms. The van der Waals surface area contributed by atoms with Gasteiger partial charge in [0.2, 0.25) is 0 Å². The molecule has 2 fully saturated rings. The maximum absolute atomic E-state index is 15.0. The summed E-state index contributed by atoms with van der Waals surface area (Å²) in [4.78, 5) is 43.3. The Morgan fingerprint density at radius 3 is 2.91 bits per heavy atom. The first-order valence-electron chi connectivity index (χ1n) is 11.1. The Hall–Kier alpha value is -3.25. The number of halogens is 1. The third-order valence-electron chi connectivity index (χ3n) is 5.67. The summed E-state index contributed by atoms with van der Waals surface area (Å²) >= 11 is 1.47. The number of amides is 3. The van der Waals surface area contributed by atoms with Crippen molar-refractivity contribution in [1.29, 1.82) is 0 Å². The maximum Gasteiger partial charge on any atom is 0.414 e. The van der Waals surface area contributed by atoms with Gasteiger partial charge in [0.1, 0.15) is 22.7 Å². The number of carbonyl (C=O) groups is 3. The zero-order chi connectivity index (χ0) is 24.1. The van der Waals surface area contributed by atoms with Gasteiger partial charge in [0.25, 0.3) is 0 Å². The Kier molecular flexibility index (Phi) is 7.58. The molecule has 3 heterocycles. The minimum Gasteiger partial charge on any atom is -0.444 e. The van der Waals surface area contributed by atoms with Crippen LogP contribution in [0.1, 0.15) is 24.8 Å². The monoisotopic (exact) mass is 490 g/mol. The Morgan fingerprint density at radius 1 is 1.32 bits per heavy atom. The lowest BCUT2D eigenvalue weighted by Crippen LogP contribution is -2.48. The standard InChI is InChI=1S/C22H27FN6O4S/c1-15(30)2-4-17-14-28(22(32)33-17)16-3-5-19(18(23)12-16)27-8-6-26-29(10-9-27)21(31)25-13-20-24-7-11-34-20/h3,5,7,11-12,17,26H,2,4,6,8-10,13-14H2,1H3,(H,25,31)/t17-/m0/s1. The number of cyclic esters (lactones) is 1. The number of benzene rings is 1. The van der Waals surface area contributed by atoms with Crippen LogP contribution in [-0.2, 0) is 16.1 Å². The van der Waals surface area contributed by atoms with Crippen LogP contribution in [0, 0.1) is 5.82 Å². The van der Waals surface area contributed by atoms with Gasteiger partial charge in [0, 0.05) is 37.6 Å². The molecule has 0 saturated carbocycles. The average molecular weight is 491 g/mol. The van der Waals surface area contributed by atoms with E-state index >= 15 is 4.39 Å². The van der Waals surface area contributed by atoms with Crippen LogP contribution in [0.15, 0.2) is 29.8 Å². The van der Waals surface area contributed by atoms with E-state index in [-0.39, 0.29) is 24.5 Å². The topological polar surface area (TPSA) is 107 Å². The molecule has 2 aromatic rings. The predicted octanol–water partition coefficient (Wildman–Crippen LogP) is 2.51. The first-order valence-corrected chi connectivity index (χ1v) is 12.0. The van der Waals surface area contributed by atoms with Gasteiger partial charge in [-0.3, -0.25) is 9.91 Å². The highest BCUT2D eigenvalue weighted by molar-refractivity contribution is 7.09. The van der Waals surface area contributed by atoms with Gasteiger partial charge < -0.3 is 19.7 Å². The van der Waals surface area contributed by atoms with E-state index in [1.165, 1.54) is 34.2 Å². The molecular formula is C22H27FN6O4S. The molecule has 0 aliphatic carbocycles. The highest BCUT2D eigenvalue weighted by atomic mass is 32.1. The summed E-state index contributed by atoms with van der Waals surface area (Å²) in [5.74, 6) is -0.424. The van der Waals surface area contributed by atoms with Gasteiger partial charge in [-0.25, -0.2) is 24.4 Å². The Morgan fingerprint density at radius 2 is 2.18 bits per heavy atom. The largest absolute Gasteiger partial charge is 0.444 e. The number of hydrogen-bond acceptors (Lipinski definition) is 8. The van der Waals surface area contributed by atoms with Gasteiger partial charge in [-0.05, 0) is 31.5 Å². The van der Waals surface area contributed by atoms with Crippen molar-refractivity contribution in [2.75, 3.05) is 42.5 Å². The molecule has 1 atom stereocenters. The number of Topliss-reactive ketones (excluding diaryl/α,β-unsaturated/α-hetero) is 1. The number of rotatable bonds is 7. The number of hydrogen-bond donors (Lipinski definition) is 2. The number of ether oxygens (including phenoxy) is 1. The van der Waals surface area contributed by atoms with Crippen LogP contribution in [-0.4, -0.2) is 66.7 Å². The van der Waals surface area contributed by atoms with Gasteiger partial charge in [0.15, 0.2) is 0 Å². The fourth-order valence-electron chi connectivity index (χ4n) is 3.90. The second-order valence-electron chi connectivity index (χ2n) is 8.12. The van der Waals surface area contributed by atoms with Crippen molar-refractivity contribution in [3.8, 4) is 0 Å². The predicted molar refractivity (Wildman–Crippen MR) is 125 cm³/mol. The molecule has 2 N–H and O–H groups in total. The smallest absolute Gasteiger partial charge is 0.414 e. The van der Waals surface area contributed by atoms with Gasteiger partial charge in [-0.15, -0.1) is 11.3 Å². The Bertz CT molecular complexity index is 1040. The van der Waals surface area contributed by atoms with Crippen molar-refractivity contribution < 1.29 is 23.5 Å². The molecule has 34 heavy (non-hydrogen) atoms. The number of ketones is 1. The molecule has 10 nitrogen and oxygen atoms in total. The molecule has 0 bridgehead atoms. The summed E-state index contributed by atoms with van der Waals surface area (Å²) in [6, 6.07) is 4.38. The van der Waals surface area contributed by atoms with E-state index in [1.807, 2.05) is 10.3 Å². The van der Waals surface area contributed by atoms with E-state index in [9.17, 15) is 14.4 Å². The first kappa shape index (κ1) is 23.9. The van der Waals surface area contributed by atoms with Crippen LogP contribution in [0.3, 0.4) is 0 Å². The molecule has 1 aromatic carbocycles. The summed E-state index contributed by atoms with van der Waals surface area (Å²) in [6.07, 6.45) is 1.55. The van der Waals surface area contributed by atoms with E-state index in [4.69, 9.17) is 4.74 Å². The lowest BCUT2D eigenvalue weighted by atomic mass is 10.1. The zero-order valence-electron chi connectivity index (χ0n) is 18.8. The normalized spacial score (nSPS) is 18.6. The summed E-state index contributed by atoms with van der Waals surface area (Å²) in [5.41, 5.74) is 3.87. The minimum absolute atomic E-state index is 0.0346. The van der Waals surface area contributed by atoms with Crippen molar-refractivity contribution >= 4 is 40.6 Å². The zero-order valence-corrected chi connectivity index (χ0v) is 19.6. The van der Waals surface area contributed by atoms with E-state index in [2.05, 4.69) is 15.7 Å². The van der Waals surface area contributed by atoms with Crippen LogP contribution in [0.4, 0.5) is 25.4 Å². The molecule has 1 aromatic heterocycles. The van der Waals surface area contributed by atoms with Gasteiger partial charge in [-0.2, -0.15) is 0 Å². The highest BCUT2D eigenvalue weighted by Crippen LogP contribution is 2.29. The van der Waals surface area contributed by atoms with E-state index in [0.717, 1.165) is 5.01 Å². The highest BCUT2D eigenvalue weighted by Gasteiger charge is 2.33. The van der Waals surface area contributed by atoms with Crippen molar-refractivity contribution in [3.63, 3.8) is 0 Å². The molecule has 4 rings (SSSR count). The molecule has 0 unspecified atom stereocenters. The SMILES string of the molecule is CC(=O)CC[C@H]1CN(c2ccc(N3CCNN(C(=O)NCc4nccs4)CC3)c(F)c2)C(=O)O1. The summed E-state index contributed by atoms with van der Waals surface area (Å²) < 4.78 is 20.4. The summed E-state index contributed by atoms with van der Waals surface area (Å²) in [5, 5.41) is 6.98. The molecule has 0 radical (unpaired) electrons. The molecule has 3 amide bonds. The number of urea groups is 1. The molecule has 182 valence electrons. The lowest BCUT2D eigenvalue weighted by Gasteiger charge is -2.24. The minimum atomic E-state index is -0.543. The maximum atomic E-state index is 15.0. The second kappa shape index (κ2) is 10.8. The van der Waals surface area contributed by atoms with Gasteiger partial charge >= 0.3 is 12.1 Å². The first-order chi connectivity index (χ1) is 16.4. The third kappa shape index (κ3) is 5.81. The second-order valence-corrected chi connectivity index (χ2v) is 9.10. The van der Waals surface area contributed by atoms with Crippen LogP contribution in [0.2, 0.25) is 0 Å². The van der Waals surface area contributed by atoms with Crippen LogP contribution < -0.4 is 20.5 Å². The number of thiazole rings is 1. The third-order valence-corrected chi connectivity index (χ3v) is 6.45. The summed E-state index contributed by atoms with van der Waals surface area (Å²) in [6.45, 7) is 3.89. The van der Waals surface area contributed by atoms with Crippen molar-refractivity contribution in [2.45, 2.75) is 32.4 Å². The number of nitrogens with zero attached hydrogens (tertiary/aromatic N) is 4. The Balaban J connectivity index is 1.34. The van der Waals surface area contributed by atoms with E-state index < -0.39 is 11.9 Å². The number of aromatic nitrogens is 1. The Labute approximate surface area is 200 Å². The average Bonchev–Trinajstić information content (AvgIpc) is 3.39. The molecule has 2 saturated heterocycles. The summed E-state index contributed by atoms with van der Waals surface area (Å²) in [7, 11) is 0. The fraction of sp³-hybridized carbons (Fsp3) is 0.455. The molecule has 2 aliphatic rings. The molecule has 0 spiro atoms. The fourth-order valence-corrected chi connectivity index (χ4v) is 4.46. The molecular weight excluding hydrogens is 463 g/mol. The number of carbonyl (C=O) groups excluding carboxylic acids is 3. The van der Waals surface area contributed by atoms with Crippen molar-refractivity contribution in [2.24, 2.45) is 0 Å². The quantitative estimate of drug-likeness (QED) is 0.614. The van der Waals surface area contributed by atoms with Crippen LogP contribution >= 0.6 is 11.3 Å². The number of nitrogens with one attached hydrogen (secondary N) is 2. The van der Waals surface area contributed by atoms with Crippen LogP contribution in [0.5, 0.6) is 0 Å². The number of anilines is 2. The van der Waals surface area contributed by atoms with E-state index in [1.54, 1.807) is 18.3 Å². The van der Waals surface area contributed by atoms with Gasteiger partial charge in [0.05, 0.1) is 31.0 Å². The van der Waals surface area contributed by atoms with E-state index in [0.29, 0.717) is 56.9 Å². The van der Waals surface area contributed by atoms with Crippen molar-refractivity contribution in [1.82, 2.24) is 20.7 Å². The molecule has 2 aliphatic heterocycles. The van der Waals surface area contributed by atoms with Crippen LogP contribution in [0.25, 0.3) is 0 Å². The van der Waals surface area contributed by atoms with Crippen molar-refractivity contribution in [3.05, 3.63) is 40.6 Å². The number of hydrazine groups is 1. The van der Waals surface area contributed by atoms with Gasteiger partial charge in [-0.1, -0.05) is 0 Å². The lowest BCUT2D eigenvalue weighted by molar-refractivity contribution is -0.117.